The van der Waals surface area contributed by atoms with Crippen LogP contribution >= 0.6 is 0 Å². The van der Waals surface area contributed by atoms with E-state index in [9.17, 15) is 18.0 Å². The SMILES string of the molecule is CCCCCCC(=O)Cc1ccc(OC(F)(F)F)cc1. The van der Waals surface area contributed by atoms with Crippen molar-refractivity contribution in [3.63, 3.8) is 0 Å². The summed E-state index contributed by atoms with van der Waals surface area (Å²) in [6, 6.07) is 5.44. The van der Waals surface area contributed by atoms with E-state index in [2.05, 4.69) is 11.7 Å². The summed E-state index contributed by atoms with van der Waals surface area (Å²) < 4.78 is 39.7. The van der Waals surface area contributed by atoms with Crippen LogP contribution in [0.4, 0.5) is 13.2 Å². The van der Waals surface area contributed by atoms with Crippen LogP contribution in [0.25, 0.3) is 0 Å². The normalized spacial score (nSPS) is 11.4. The molecule has 0 heterocycles. The fourth-order valence-electron chi connectivity index (χ4n) is 1.87. The lowest BCUT2D eigenvalue weighted by Crippen LogP contribution is -2.17. The minimum Gasteiger partial charge on any atom is -0.406 e. The highest BCUT2D eigenvalue weighted by Gasteiger charge is 2.30. The smallest absolute Gasteiger partial charge is 0.406 e. The molecule has 2 nitrogen and oxygen atoms in total. The first-order valence-electron chi connectivity index (χ1n) is 6.77. The van der Waals surface area contributed by atoms with Gasteiger partial charge in [0.05, 0.1) is 0 Å². The van der Waals surface area contributed by atoms with E-state index in [0.717, 1.165) is 25.7 Å². The lowest BCUT2D eigenvalue weighted by Gasteiger charge is -2.09. The molecule has 0 aliphatic rings. The third-order valence-corrected chi connectivity index (χ3v) is 2.87. The molecule has 0 radical (unpaired) electrons. The van der Waals surface area contributed by atoms with E-state index >= 15 is 0 Å². The van der Waals surface area contributed by atoms with Crippen LogP contribution < -0.4 is 4.74 Å². The molecule has 0 aliphatic carbocycles. The molecule has 1 aromatic carbocycles. The Morgan fingerprint density at radius 3 is 2.30 bits per heavy atom. The van der Waals surface area contributed by atoms with Crippen LogP contribution in [0.3, 0.4) is 0 Å². The number of rotatable bonds is 8. The number of halogens is 3. The minimum absolute atomic E-state index is 0.116. The Kier molecular flexibility index (Phi) is 6.55. The van der Waals surface area contributed by atoms with E-state index in [0.29, 0.717) is 12.0 Å². The maximum absolute atomic E-state index is 12.0. The number of hydrogen-bond acceptors (Lipinski definition) is 2. The molecule has 20 heavy (non-hydrogen) atoms. The maximum atomic E-state index is 12.0. The number of hydrogen-bond donors (Lipinski definition) is 0. The van der Waals surface area contributed by atoms with Gasteiger partial charge in [0, 0.05) is 12.8 Å². The van der Waals surface area contributed by atoms with Crippen LogP contribution in [0, 0.1) is 0 Å². The van der Waals surface area contributed by atoms with Gasteiger partial charge >= 0.3 is 6.36 Å². The van der Waals surface area contributed by atoms with Gasteiger partial charge in [0.15, 0.2) is 0 Å². The number of ether oxygens (including phenoxy) is 1. The lowest BCUT2D eigenvalue weighted by molar-refractivity contribution is -0.274. The molecular weight excluding hydrogens is 269 g/mol. The molecular formula is C15H19F3O2. The number of unbranched alkanes of at least 4 members (excludes halogenated alkanes) is 3. The summed E-state index contributed by atoms with van der Waals surface area (Å²) in [5, 5.41) is 0. The molecule has 0 atom stereocenters. The van der Waals surface area contributed by atoms with Crippen molar-refractivity contribution in [3.8, 4) is 5.75 Å². The molecule has 1 aromatic rings. The first kappa shape index (κ1) is 16.5. The number of carbonyl (C=O) groups is 1. The zero-order chi connectivity index (χ0) is 15.0. The van der Waals surface area contributed by atoms with Crippen LogP contribution in [0.2, 0.25) is 0 Å². The van der Waals surface area contributed by atoms with Crippen molar-refractivity contribution >= 4 is 5.78 Å². The molecule has 5 heteroatoms. The van der Waals surface area contributed by atoms with Gasteiger partial charge in [-0.3, -0.25) is 4.79 Å². The van der Waals surface area contributed by atoms with Gasteiger partial charge < -0.3 is 4.74 Å². The summed E-state index contributed by atoms with van der Waals surface area (Å²) in [5.74, 6) is -0.151. The summed E-state index contributed by atoms with van der Waals surface area (Å²) in [4.78, 5) is 11.7. The fourth-order valence-corrected chi connectivity index (χ4v) is 1.87. The van der Waals surface area contributed by atoms with Crippen molar-refractivity contribution in [1.29, 1.82) is 0 Å². The molecule has 0 aromatic heterocycles. The summed E-state index contributed by atoms with van der Waals surface area (Å²) in [6.45, 7) is 2.10. The molecule has 0 unspecified atom stereocenters. The molecule has 1 rings (SSSR count). The third-order valence-electron chi connectivity index (χ3n) is 2.87. The average Bonchev–Trinajstić information content (AvgIpc) is 2.35. The van der Waals surface area contributed by atoms with Gasteiger partial charge in [-0.05, 0) is 24.1 Å². The van der Waals surface area contributed by atoms with E-state index in [1.165, 1.54) is 24.3 Å². The van der Waals surface area contributed by atoms with Crippen LogP contribution in [-0.4, -0.2) is 12.1 Å². The number of carbonyl (C=O) groups excluding carboxylic acids is 1. The third kappa shape index (κ3) is 7.16. The van der Waals surface area contributed by atoms with Crippen LogP contribution in [-0.2, 0) is 11.2 Å². The largest absolute Gasteiger partial charge is 0.573 e. The van der Waals surface area contributed by atoms with E-state index in [-0.39, 0.29) is 18.0 Å². The van der Waals surface area contributed by atoms with Gasteiger partial charge in [-0.25, -0.2) is 0 Å². The summed E-state index contributed by atoms with van der Waals surface area (Å²) in [7, 11) is 0. The fraction of sp³-hybridized carbons (Fsp3) is 0.533. The Morgan fingerprint density at radius 2 is 1.75 bits per heavy atom. The molecule has 0 N–H and O–H groups in total. The first-order valence-corrected chi connectivity index (χ1v) is 6.77. The zero-order valence-corrected chi connectivity index (χ0v) is 11.5. The molecule has 0 fully saturated rings. The average molecular weight is 288 g/mol. The van der Waals surface area contributed by atoms with Crippen molar-refractivity contribution in [1.82, 2.24) is 0 Å². The second-order valence-electron chi connectivity index (χ2n) is 4.72. The monoisotopic (exact) mass is 288 g/mol. The highest BCUT2D eigenvalue weighted by atomic mass is 19.4. The molecule has 0 bridgehead atoms. The van der Waals surface area contributed by atoms with E-state index in [1.807, 2.05) is 0 Å². The Labute approximate surface area is 116 Å². The van der Waals surface area contributed by atoms with Crippen molar-refractivity contribution in [2.45, 2.75) is 51.8 Å². The Hall–Kier alpha value is -1.52. The molecule has 0 aliphatic heterocycles. The Morgan fingerprint density at radius 1 is 1.10 bits per heavy atom. The molecule has 112 valence electrons. The number of Topliss-reactive ketones (excluding diaryl/α,β-unsaturated/α-hetero) is 1. The molecule has 0 saturated carbocycles. The summed E-state index contributed by atoms with van der Waals surface area (Å²) >= 11 is 0. The van der Waals surface area contributed by atoms with Gasteiger partial charge in [0.25, 0.3) is 0 Å². The van der Waals surface area contributed by atoms with Gasteiger partial charge in [-0.1, -0.05) is 38.3 Å². The predicted octanol–water partition coefficient (Wildman–Crippen LogP) is 4.67. The second kappa shape index (κ2) is 7.92. The van der Waals surface area contributed by atoms with Crippen LogP contribution in [0.1, 0.15) is 44.6 Å². The van der Waals surface area contributed by atoms with Crippen molar-refractivity contribution < 1.29 is 22.7 Å². The number of ketones is 1. The topological polar surface area (TPSA) is 26.3 Å². The van der Waals surface area contributed by atoms with Crippen molar-refractivity contribution in [2.75, 3.05) is 0 Å². The maximum Gasteiger partial charge on any atom is 0.573 e. The Bertz CT molecular complexity index is 410. The van der Waals surface area contributed by atoms with Gasteiger partial charge in [0.2, 0.25) is 0 Å². The van der Waals surface area contributed by atoms with Gasteiger partial charge in [-0.15, -0.1) is 13.2 Å². The minimum atomic E-state index is -4.68. The highest BCUT2D eigenvalue weighted by molar-refractivity contribution is 5.80. The second-order valence-corrected chi connectivity index (χ2v) is 4.72. The van der Waals surface area contributed by atoms with E-state index < -0.39 is 6.36 Å². The highest BCUT2D eigenvalue weighted by Crippen LogP contribution is 2.23. The first-order chi connectivity index (χ1) is 9.40. The molecule has 0 saturated heterocycles. The lowest BCUT2D eigenvalue weighted by atomic mass is 10.0. The van der Waals surface area contributed by atoms with Crippen molar-refractivity contribution in [3.05, 3.63) is 29.8 Å². The van der Waals surface area contributed by atoms with E-state index in [1.54, 1.807) is 0 Å². The number of alkyl halides is 3. The number of benzene rings is 1. The van der Waals surface area contributed by atoms with E-state index in [4.69, 9.17) is 0 Å². The molecule has 0 amide bonds. The van der Waals surface area contributed by atoms with Gasteiger partial charge in [-0.2, -0.15) is 0 Å². The van der Waals surface area contributed by atoms with Crippen molar-refractivity contribution in [2.24, 2.45) is 0 Å². The van der Waals surface area contributed by atoms with Crippen LogP contribution in [0.15, 0.2) is 24.3 Å². The van der Waals surface area contributed by atoms with Crippen LogP contribution in [0.5, 0.6) is 5.75 Å². The predicted molar refractivity (Wildman–Crippen MR) is 70.6 cm³/mol. The molecule has 0 spiro atoms. The standard InChI is InChI=1S/C15H19F3O2/c1-2-3-4-5-6-13(19)11-12-7-9-14(10-8-12)20-15(16,17)18/h7-10H,2-6,11H2,1H3. The zero-order valence-electron chi connectivity index (χ0n) is 11.5. The quantitative estimate of drug-likeness (QED) is 0.650. The van der Waals surface area contributed by atoms with Gasteiger partial charge in [0.1, 0.15) is 11.5 Å². The summed E-state index contributed by atoms with van der Waals surface area (Å²) in [5.41, 5.74) is 0.708. The summed E-state index contributed by atoms with van der Waals surface area (Å²) in [6.07, 6.45) is 0.268. The Balaban J connectivity index is 2.39.